The van der Waals surface area contributed by atoms with Crippen LogP contribution in [0.3, 0.4) is 0 Å². The summed E-state index contributed by atoms with van der Waals surface area (Å²) >= 11 is 0. The standard InChI is InChI=1S/C18H19F3N2O3S/c1-11(2)27(25,26)22-10-17(21)12-3-6-14(7-4-12)23-18(24)15-8-5-13(19)9-16(15)20/h3-9,11,17,22H,10H2,1-2H3,(H,23,24). The smallest absolute Gasteiger partial charge is 0.258 e. The third kappa shape index (κ3) is 5.54. The Morgan fingerprint density at radius 1 is 1.07 bits per heavy atom. The molecule has 0 bridgehead atoms. The summed E-state index contributed by atoms with van der Waals surface area (Å²) in [5.41, 5.74) is 0.168. The molecule has 0 heterocycles. The summed E-state index contributed by atoms with van der Waals surface area (Å²) in [6.07, 6.45) is -1.57. The van der Waals surface area contributed by atoms with Crippen molar-refractivity contribution >= 4 is 21.6 Å². The lowest BCUT2D eigenvalue weighted by Gasteiger charge is -2.13. The van der Waals surface area contributed by atoms with Gasteiger partial charge >= 0.3 is 0 Å². The molecule has 9 heteroatoms. The van der Waals surface area contributed by atoms with Crippen LogP contribution < -0.4 is 10.0 Å². The molecule has 0 radical (unpaired) electrons. The van der Waals surface area contributed by atoms with Gasteiger partial charge in [0.05, 0.1) is 10.8 Å². The fraction of sp³-hybridized carbons (Fsp3) is 0.278. The quantitative estimate of drug-likeness (QED) is 0.746. The van der Waals surface area contributed by atoms with Gasteiger partial charge in [0.25, 0.3) is 5.91 Å². The number of benzene rings is 2. The summed E-state index contributed by atoms with van der Waals surface area (Å²) in [7, 11) is -3.57. The second kappa shape index (κ2) is 8.53. The fourth-order valence-corrected chi connectivity index (χ4v) is 2.83. The van der Waals surface area contributed by atoms with Crippen LogP contribution >= 0.6 is 0 Å². The molecule has 0 aliphatic carbocycles. The normalized spacial score (nSPS) is 12.8. The minimum atomic E-state index is -3.57. The molecule has 0 aromatic heterocycles. The molecule has 1 amide bonds. The number of hydrogen-bond acceptors (Lipinski definition) is 3. The summed E-state index contributed by atoms with van der Waals surface area (Å²) in [6.45, 7) is 2.56. The molecular formula is C18H19F3N2O3S. The SMILES string of the molecule is CC(C)S(=O)(=O)NCC(F)c1ccc(NC(=O)c2ccc(F)cc2F)cc1. The molecule has 146 valence electrons. The van der Waals surface area contributed by atoms with Crippen molar-refractivity contribution in [2.45, 2.75) is 25.3 Å². The maximum Gasteiger partial charge on any atom is 0.258 e. The maximum atomic E-state index is 14.2. The van der Waals surface area contributed by atoms with Gasteiger partial charge in [-0.15, -0.1) is 0 Å². The lowest BCUT2D eigenvalue weighted by molar-refractivity contribution is 0.102. The predicted molar refractivity (Wildman–Crippen MR) is 96.7 cm³/mol. The van der Waals surface area contributed by atoms with Crippen molar-refractivity contribution in [3.63, 3.8) is 0 Å². The first-order valence-corrected chi connectivity index (χ1v) is 9.63. The van der Waals surface area contributed by atoms with Crippen LogP contribution in [-0.2, 0) is 10.0 Å². The number of nitrogens with one attached hydrogen (secondary N) is 2. The highest BCUT2D eigenvalue weighted by molar-refractivity contribution is 7.90. The molecule has 2 N–H and O–H groups in total. The van der Waals surface area contributed by atoms with Gasteiger partial charge in [0.15, 0.2) is 0 Å². The van der Waals surface area contributed by atoms with E-state index in [4.69, 9.17) is 0 Å². The second-order valence-corrected chi connectivity index (χ2v) is 8.43. The highest BCUT2D eigenvalue weighted by Crippen LogP contribution is 2.20. The highest BCUT2D eigenvalue weighted by atomic mass is 32.2. The third-order valence-corrected chi connectivity index (χ3v) is 5.60. The maximum absolute atomic E-state index is 14.2. The molecule has 2 rings (SSSR count). The van der Waals surface area contributed by atoms with Crippen LogP contribution in [0.2, 0.25) is 0 Å². The van der Waals surface area contributed by atoms with E-state index in [0.29, 0.717) is 6.07 Å². The van der Waals surface area contributed by atoms with Gasteiger partial charge in [-0.3, -0.25) is 4.79 Å². The van der Waals surface area contributed by atoms with Gasteiger partial charge in [-0.25, -0.2) is 26.3 Å². The Labute approximate surface area is 155 Å². The Balaban J connectivity index is 2.01. The van der Waals surface area contributed by atoms with Crippen molar-refractivity contribution < 1.29 is 26.4 Å². The number of halogens is 3. The number of alkyl halides is 1. The summed E-state index contributed by atoms with van der Waals surface area (Å²) in [4.78, 5) is 12.0. The van der Waals surface area contributed by atoms with E-state index in [1.54, 1.807) is 0 Å². The van der Waals surface area contributed by atoms with Crippen molar-refractivity contribution in [2.75, 3.05) is 11.9 Å². The van der Waals surface area contributed by atoms with Gasteiger partial charge in [0, 0.05) is 18.3 Å². The zero-order valence-corrected chi connectivity index (χ0v) is 15.5. The van der Waals surface area contributed by atoms with E-state index >= 15 is 0 Å². The zero-order valence-electron chi connectivity index (χ0n) is 14.7. The fourth-order valence-electron chi connectivity index (χ4n) is 2.12. The molecule has 0 spiro atoms. The van der Waals surface area contributed by atoms with E-state index in [-0.39, 0.29) is 16.8 Å². The van der Waals surface area contributed by atoms with E-state index in [2.05, 4.69) is 10.0 Å². The van der Waals surface area contributed by atoms with Crippen molar-refractivity contribution in [1.29, 1.82) is 0 Å². The van der Waals surface area contributed by atoms with Crippen molar-refractivity contribution in [3.8, 4) is 0 Å². The Kier molecular flexibility index (Phi) is 6.61. The van der Waals surface area contributed by atoms with Crippen LogP contribution in [0.1, 0.15) is 35.9 Å². The average Bonchev–Trinajstić information content (AvgIpc) is 2.60. The monoisotopic (exact) mass is 400 g/mol. The predicted octanol–water partition coefficient (Wildman–Crippen LogP) is 3.56. The Hall–Kier alpha value is -2.39. The van der Waals surface area contributed by atoms with Gasteiger partial charge < -0.3 is 5.32 Å². The number of carbonyl (C=O) groups excluding carboxylic acids is 1. The number of hydrogen-bond donors (Lipinski definition) is 2. The summed E-state index contributed by atoms with van der Waals surface area (Å²) in [5, 5.41) is 1.75. The van der Waals surface area contributed by atoms with Crippen LogP contribution in [0.25, 0.3) is 0 Å². The molecule has 0 saturated heterocycles. The Morgan fingerprint density at radius 2 is 1.70 bits per heavy atom. The van der Waals surface area contributed by atoms with E-state index in [1.807, 2.05) is 0 Å². The second-order valence-electron chi connectivity index (χ2n) is 6.11. The van der Waals surface area contributed by atoms with Crippen molar-refractivity contribution in [1.82, 2.24) is 4.72 Å². The molecule has 1 atom stereocenters. The summed E-state index contributed by atoms with van der Waals surface area (Å²) in [6, 6.07) is 8.15. The van der Waals surface area contributed by atoms with E-state index in [9.17, 15) is 26.4 Å². The number of amides is 1. The van der Waals surface area contributed by atoms with Crippen LogP contribution in [0.4, 0.5) is 18.9 Å². The first kappa shape index (κ1) is 20.9. The summed E-state index contributed by atoms with van der Waals surface area (Å²) in [5.74, 6) is -2.57. The van der Waals surface area contributed by atoms with Gasteiger partial charge in [0.1, 0.15) is 17.8 Å². The minimum absolute atomic E-state index is 0.215. The lowest BCUT2D eigenvalue weighted by Crippen LogP contribution is -2.33. The number of sulfonamides is 1. The van der Waals surface area contributed by atoms with Gasteiger partial charge in [-0.1, -0.05) is 12.1 Å². The molecule has 2 aromatic rings. The molecule has 2 aromatic carbocycles. The minimum Gasteiger partial charge on any atom is -0.322 e. The van der Waals surface area contributed by atoms with Crippen molar-refractivity contribution in [3.05, 3.63) is 65.2 Å². The molecule has 27 heavy (non-hydrogen) atoms. The Bertz CT molecular complexity index is 916. The van der Waals surface area contributed by atoms with Gasteiger partial charge in [0.2, 0.25) is 10.0 Å². The van der Waals surface area contributed by atoms with Crippen LogP contribution in [0.5, 0.6) is 0 Å². The lowest BCUT2D eigenvalue weighted by atomic mass is 10.1. The summed E-state index contributed by atoms with van der Waals surface area (Å²) < 4.78 is 66.2. The van der Waals surface area contributed by atoms with E-state index < -0.39 is 45.5 Å². The van der Waals surface area contributed by atoms with E-state index in [1.165, 1.54) is 38.1 Å². The van der Waals surface area contributed by atoms with Gasteiger partial charge in [-0.2, -0.15) is 0 Å². The topological polar surface area (TPSA) is 75.3 Å². The largest absolute Gasteiger partial charge is 0.322 e. The molecular weight excluding hydrogens is 381 g/mol. The number of rotatable bonds is 7. The zero-order chi connectivity index (χ0) is 20.2. The molecule has 0 aliphatic heterocycles. The Morgan fingerprint density at radius 3 is 2.26 bits per heavy atom. The number of carbonyl (C=O) groups is 1. The highest BCUT2D eigenvalue weighted by Gasteiger charge is 2.19. The molecule has 0 saturated carbocycles. The van der Waals surface area contributed by atoms with Crippen LogP contribution in [-0.4, -0.2) is 26.1 Å². The first-order chi connectivity index (χ1) is 12.6. The van der Waals surface area contributed by atoms with Crippen molar-refractivity contribution in [2.24, 2.45) is 0 Å². The number of anilines is 1. The van der Waals surface area contributed by atoms with Crippen LogP contribution in [0, 0.1) is 11.6 Å². The van der Waals surface area contributed by atoms with Crippen LogP contribution in [0.15, 0.2) is 42.5 Å². The molecule has 0 aliphatic rings. The third-order valence-electron chi connectivity index (χ3n) is 3.79. The average molecular weight is 400 g/mol. The van der Waals surface area contributed by atoms with Gasteiger partial charge in [-0.05, 0) is 43.7 Å². The van der Waals surface area contributed by atoms with E-state index in [0.717, 1.165) is 12.1 Å². The molecule has 5 nitrogen and oxygen atoms in total. The molecule has 0 fully saturated rings. The molecule has 1 unspecified atom stereocenters. The first-order valence-electron chi connectivity index (χ1n) is 8.09.